The lowest BCUT2D eigenvalue weighted by molar-refractivity contribution is 0.0887. The summed E-state index contributed by atoms with van der Waals surface area (Å²) in [6, 6.07) is 8.10. The lowest BCUT2D eigenvalue weighted by Crippen LogP contribution is -2.39. The average Bonchev–Trinajstić information content (AvgIpc) is 3.15. The van der Waals surface area contributed by atoms with Gasteiger partial charge in [-0.3, -0.25) is 4.99 Å². The zero-order chi connectivity index (χ0) is 17.9. The molecule has 26 heavy (non-hydrogen) atoms. The van der Waals surface area contributed by atoms with Crippen molar-refractivity contribution in [2.75, 3.05) is 54.2 Å². The van der Waals surface area contributed by atoms with Gasteiger partial charge in [0.05, 0.1) is 20.3 Å². The third kappa shape index (κ3) is 8.09. The predicted octanol–water partition coefficient (Wildman–Crippen LogP) is 2.76. The van der Waals surface area contributed by atoms with Crippen LogP contribution in [-0.4, -0.2) is 65.0 Å². The SMILES string of the molecule is CN=C(NCCCOCC1CCOC1)N(C)Cc1ccc(OC)cc1.I. The lowest BCUT2D eigenvalue weighted by atomic mass is 10.1. The van der Waals surface area contributed by atoms with E-state index in [-0.39, 0.29) is 24.0 Å². The summed E-state index contributed by atoms with van der Waals surface area (Å²) in [7, 11) is 5.53. The van der Waals surface area contributed by atoms with Crippen molar-refractivity contribution in [3.05, 3.63) is 29.8 Å². The summed E-state index contributed by atoms with van der Waals surface area (Å²) >= 11 is 0. The second-order valence-corrected chi connectivity index (χ2v) is 6.34. The first-order valence-corrected chi connectivity index (χ1v) is 8.93. The van der Waals surface area contributed by atoms with Crippen LogP contribution in [0, 0.1) is 5.92 Å². The van der Waals surface area contributed by atoms with Gasteiger partial charge in [0.2, 0.25) is 0 Å². The molecule has 1 fully saturated rings. The van der Waals surface area contributed by atoms with Crippen molar-refractivity contribution in [3.63, 3.8) is 0 Å². The standard InChI is InChI=1S/C19H31N3O3.HI/c1-20-19(21-10-4-11-24-14-17-9-12-25-15-17)22(2)13-16-5-7-18(23-3)8-6-16;/h5-8,17H,4,9-15H2,1-3H3,(H,20,21);1H. The summed E-state index contributed by atoms with van der Waals surface area (Å²) in [5, 5.41) is 3.39. The third-order valence-electron chi connectivity index (χ3n) is 4.28. The molecule has 0 bridgehead atoms. The van der Waals surface area contributed by atoms with Gasteiger partial charge in [-0.25, -0.2) is 0 Å². The van der Waals surface area contributed by atoms with Crippen LogP contribution in [0.1, 0.15) is 18.4 Å². The Bertz CT molecular complexity index is 519. The Morgan fingerprint density at radius 3 is 2.73 bits per heavy atom. The molecule has 1 aromatic rings. The molecule has 1 unspecified atom stereocenters. The number of halogens is 1. The van der Waals surface area contributed by atoms with E-state index in [0.29, 0.717) is 5.92 Å². The number of rotatable bonds is 9. The second kappa shape index (κ2) is 13.2. The van der Waals surface area contributed by atoms with E-state index in [9.17, 15) is 0 Å². The van der Waals surface area contributed by atoms with Gasteiger partial charge in [-0.15, -0.1) is 24.0 Å². The van der Waals surface area contributed by atoms with Gasteiger partial charge in [0.15, 0.2) is 5.96 Å². The highest BCUT2D eigenvalue weighted by atomic mass is 127. The highest BCUT2D eigenvalue weighted by molar-refractivity contribution is 14.0. The molecule has 0 amide bonds. The Hall–Kier alpha value is -1.06. The summed E-state index contributed by atoms with van der Waals surface area (Å²) in [6.45, 7) is 4.95. The minimum atomic E-state index is 0. The number of nitrogens with one attached hydrogen (secondary N) is 1. The normalized spacial score (nSPS) is 16.9. The molecule has 6 nitrogen and oxygen atoms in total. The van der Waals surface area contributed by atoms with Gasteiger partial charge in [-0.05, 0) is 30.5 Å². The first-order chi connectivity index (χ1) is 12.2. The van der Waals surface area contributed by atoms with Gasteiger partial charge < -0.3 is 24.4 Å². The molecular weight excluding hydrogens is 445 g/mol. The molecule has 1 aromatic carbocycles. The molecule has 1 N–H and O–H groups in total. The van der Waals surface area contributed by atoms with Crippen LogP contribution in [0.5, 0.6) is 5.75 Å². The van der Waals surface area contributed by atoms with Crippen LogP contribution < -0.4 is 10.1 Å². The number of nitrogens with zero attached hydrogens (tertiary/aromatic N) is 2. The lowest BCUT2D eigenvalue weighted by Gasteiger charge is -2.22. The van der Waals surface area contributed by atoms with E-state index in [2.05, 4.69) is 27.3 Å². The number of ether oxygens (including phenoxy) is 3. The molecule has 1 heterocycles. The van der Waals surface area contributed by atoms with E-state index in [1.54, 1.807) is 7.11 Å². The number of methoxy groups -OCH3 is 1. The molecule has 1 saturated heterocycles. The first kappa shape index (κ1) is 23.0. The largest absolute Gasteiger partial charge is 0.497 e. The highest BCUT2D eigenvalue weighted by Crippen LogP contribution is 2.13. The number of guanidine groups is 1. The number of aliphatic imine (C=N–C) groups is 1. The molecule has 0 spiro atoms. The molecule has 0 radical (unpaired) electrons. The fourth-order valence-electron chi connectivity index (χ4n) is 2.80. The van der Waals surface area contributed by atoms with Gasteiger partial charge in [0, 0.05) is 46.3 Å². The summed E-state index contributed by atoms with van der Waals surface area (Å²) < 4.78 is 16.3. The minimum Gasteiger partial charge on any atom is -0.497 e. The molecule has 148 valence electrons. The van der Waals surface area contributed by atoms with Crippen molar-refractivity contribution in [2.24, 2.45) is 10.9 Å². The van der Waals surface area contributed by atoms with Gasteiger partial charge in [-0.2, -0.15) is 0 Å². The quantitative estimate of drug-likeness (QED) is 0.257. The third-order valence-corrected chi connectivity index (χ3v) is 4.28. The van der Waals surface area contributed by atoms with Crippen molar-refractivity contribution < 1.29 is 14.2 Å². The maximum absolute atomic E-state index is 5.73. The van der Waals surface area contributed by atoms with Crippen LogP contribution in [-0.2, 0) is 16.0 Å². The predicted molar refractivity (Wildman–Crippen MR) is 116 cm³/mol. The zero-order valence-electron chi connectivity index (χ0n) is 16.1. The van der Waals surface area contributed by atoms with Crippen LogP contribution in [0.4, 0.5) is 0 Å². The van der Waals surface area contributed by atoms with Crippen molar-refractivity contribution in [1.29, 1.82) is 0 Å². The minimum absolute atomic E-state index is 0. The number of benzene rings is 1. The molecule has 1 aliphatic heterocycles. The van der Waals surface area contributed by atoms with Crippen LogP contribution in [0.15, 0.2) is 29.3 Å². The zero-order valence-corrected chi connectivity index (χ0v) is 18.4. The monoisotopic (exact) mass is 477 g/mol. The van der Waals surface area contributed by atoms with Gasteiger partial charge in [-0.1, -0.05) is 12.1 Å². The molecular formula is C19H32IN3O3. The van der Waals surface area contributed by atoms with E-state index >= 15 is 0 Å². The summed E-state index contributed by atoms with van der Waals surface area (Å²) in [4.78, 5) is 6.46. The van der Waals surface area contributed by atoms with Crippen molar-refractivity contribution in [2.45, 2.75) is 19.4 Å². The summed E-state index contributed by atoms with van der Waals surface area (Å²) in [5.41, 5.74) is 1.22. The second-order valence-electron chi connectivity index (χ2n) is 6.34. The van der Waals surface area contributed by atoms with Gasteiger partial charge in [0.25, 0.3) is 0 Å². The molecule has 0 saturated carbocycles. The van der Waals surface area contributed by atoms with Gasteiger partial charge >= 0.3 is 0 Å². The Balaban J connectivity index is 0.00000338. The van der Waals surface area contributed by atoms with Crippen molar-refractivity contribution >= 4 is 29.9 Å². The molecule has 0 aliphatic carbocycles. The number of hydrogen-bond acceptors (Lipinski definition) is 4. The molecule has 1 atom stereocenters. The summed E-state index contributed by atoms with van der Waals surface area (Å²) in [5.74, 6) is 2.34. The first-order valence-electron chi connectivity index (χ1n) is 8.93. The van der Waals surface area contributed by atoms with Crippen LogP contribution >= 0.6 is 24.0 Å². The van der Waals surface area contributed by atoms with E-state index in [1.165, 1.54) is 5.56 Å². The number of hydrogen-bond donors (Lipinski definition) is 1. The molecule has 1 aliphatic rings. The molecule has 2 rings (SSSR count). The van der Waals surface area contributed by atoms with Crippen molar-refractivity contribution in [1.82, 2.24) is 10.2 Å². The Morgan fingerprint density at radius 1 is 1.35 bits per heavy atom. The Kier molecular flexibility index (Phi) is 11.6. The average molecular weight is 477 g/mol. The fraction of sp³-hybridized carbons (Fsp3) is 0.632. The van der Waals surface area contributed by atoms with Crippen LogP contribution in [0.25, 0.3) is 0 Å². The smallest absolute Gasteiger partial charge is 0.193 e. The Morgan fingerprint density at radius 2 is 2.12 bits per heavy atom. The summed E-state index contributed by atoms with van der Waals surface area (Å²) in [6.07, 6.45) is 2.09. The van der Waals surface area contributed by atoms with E-state index in [1.807, 2.05) is 26.2 Å². The van der Waals surface area contributed by atoms with Gasteiger partial charge in [0.1, 0.15) is 5.75 Å². The maximum Gasteiger partial charge on any atom is 0.193 e. The highest BCUT2D eigenvalue weighted by Gasteiger charge is 2.15. The molecule has 0 aromatic heterocycles. The van der Waals surface area contributed by atoms with E-state index in [0.717, 1.165) is 64.1 Å². The van der Waals surface area contributed by atoms with E-state index < -0.39 is 0 Å². The fourth-order valence-corrected chi connectivity index (χ4v) is 2.80. The Labute approximate surface area is 174 Å². The maximum atomic E-state index is 5.73. The van der Waals surface area contributed by atoms with E-state index in [4.69, 9.17) is 14.2 Å². The topological polar surface area (TPSA) is 55.3 Å². The van der Waals surface area contributed by atoms with Crippen molar-refractivity contribution in [3.8, 4) is 5.75 Å². The van der Waals surface area contributed by atoms with Crippen LogP contribution in [0.2, 0.25) is 0 Å². The van der Waals surface area contributed by atoms with Crippen LogP contribution in [0.3, 0.4) is 0 Å². The molecule has 7 heteroatoms.